The summed E-state index contributed by atoms with van der Waals surface area (Å²) in [5, 5.41) is 2.96. The molecule has 4 heteroatoms. The van der Waals surface area contributed by atoms with Gasteiger partial charge in [0.15, 0.2) is 0 Å². The standard InChI is InChI=1S/C17H29N3O/c1-4-6-11-20(12-7-5-2)13-16(21)19-17-14(3)9-8-10-15(17)18/h8-10H,4-7,11-13,18H2,1-3H3,(H,19,21). The van der Waals surface area contributed by atoms with Crippen LogP contribution in [0, 0.1) is 6.92 Å². The number of benzene rings is 1. The van der Waals surface area contributed by atoms with Gasteiger partial charge in [-0.2, -0.15) is 0 Å². The molecule has 4 nitrogen and oxygen atoms in total. The minimum atomic E-state index is 0.0169. The molecule has 0 aliphatic carbocycles. The van der Waals surface area contributed by atoms with Crippen molar-refractivity contribution in [3.05, 3.63) is 23.8 Å². The van der Waals surface area contributed by atoms with E-state index < -0.39 is 0 Å². The van der Waals surface area contributed by atoms with Gasteiger partial charge in [-0.05, 0) is 44.5 Å². The number of unbranched alkanes of at least 4 members (excludes halogenated alkanes) is 2. The molecule has 0 aromatic heterocycles. The average molecular weight is 291 g/mol. The van der Waals surface area contributed by atoms with Crippen LogP contribution in [0.25, 0.3) is 0 Å². The van der Waals surface area contributed by atoms with Crippen LogP contribution in [0.5, 0.6) is 0 Å². The Kier molecular flexibility index (Phi) is 7.83. The van der Waals surface area contributed by atoms with Gasteiger partial charge in [-0.25, -0.2) is 0 Å². The molecule has 3 N–H and O–H groups in total. The number of hydrogen-bond donors (Lipinski definition) is 2. The van der Waals surface area contributed by atoms with Gasteiger partial charge in [-0.15, -0.1) is 0 Å². The maximum atomic E-state index is 12.2. The zero-order chi connectivity index (χ0) is 15.7. The Morgan fingerprint density at radius 2 is 1.81 bits per heavy atom. The Balaban J connectivity index is 2.60. The van der Waals surface area contributed by atoms with E-state index in [1.165, 1.54) is 0 Å². The molecule has 0 heterocycles. The van der Waals surface area contributed by atoms with Crippen LogP contribution in [0.2, 0.25) is 0 Å². The molecule has 0 aliphatic heterocycles. The lowest BCUT2D eigenvalue weighted by atomic mass is 10.1. The fraction of sp³-hybridized carbons (Fsp3) is 0.588. The number of hydrogen-bond acceptors (Lipinski definition) is 3. The molecule has 0 aliphatic rings. The number of nitrogens with one attached hydrogen (secondary N) is 1. The molecular weight excluding hydrogens is 262 g/mol. The van der Waals surface area contributed by atoms with Crippen molar-refractivity contribution in [2.24, 2.45) is 0 Å². The molecule has 0 bridgehead atoms. The van der Waals surface area contributed by atoms with Gasteiger partial charge in [0.05, 0.1) is 17.9 Å². The van der Waals surface area contributed by atoms with Crippen molar-refractivity contribution < 1.29 is 4.79 Å². The Hall–Kier alpha value is -1.55. The lowest BCUT2D eigenvalue weighted by molar-refractivity contribution is -0.117. The van der Waals surface area contributed by atoms with E-state index in [1.807, 2.05) is 25.1 Å². The molecule has 1 aromatic rings. The first-order chi connectivity index (χ1) is 10.1. The molecule has 0 atom stereocenters. The van der Waals surface area contributed by atoms with E-state index in [0.29, 0.717) is 12.2 Å². The van der Waals surface area contributed by atoms with Gasteiger partial charge in [-0.3, -0.25) is 9.69 Å². The summed E-state index contributed by atoms with van der Waals surface area (Å²) in [7, 11) is 0. The molecule has 0 saturated heterocycles. The van der Waals surface area contributed by atoms with Crippen LogP contribution >= 0.6 is 0 Å². The SMILES string of the molecule is CCCCN(CCCC)CC(=O)Nc1c(C)cccc1N. The van der Waals surface area contributed by atoms with Crippen LogP contribution in [0.15, 0.2) is 18.2 Å². The van der Waals surface area contributed by atoms with E-state index in [2.05, 4.69) is 24.1 Å². The zero-order valence-corrected chi connectivity index (χ0v) is 13.6. The summed E-state index contributed by atoms with van der Waals surface area (Å²) in [6.07, 6.45) is 4.55. The van der Waals surface area contributed by atoms with Gasteiger partial charge in [-0.1, -0.05) is 38.8 Å². The van der Waals surface area contributed by atoms with Crippen LogP contribution in [0.3, 0.4) is 0 Å². The number of nitrogens with zero attached hydrogens (tertiary/aromatic N) is 1. The molecule has 1 rings (SSSR count). The van der Waals surface area contributed by atoms with Gasteiger partial charge in [0.25, 0.3) is 0 Å². The Labute approximate surface area is 128 Å². The number of anilines is 2. The largest absolute Gasteiger partial charge is 0.397 e. The summed E-state index contributed by atoms with van der Waals surface area (Å²) in [6.45, 7) is 8.70. The smallest absolute Gasteiger partial charge is 0.238 e. The summed E-state index contributed by atoms with van der Waals surface area (Å²) < 4.78 is 0. The quantitative estimate of drug-likeness (QED) is 0.685. The van der Waals surface area contributed by atoms with Gasteiger partial charge < -0.3 is 11.1 Å². The maximum absolute atomic E-state index is 12.2. The second-order valence-electron chi connectivity index (χ2n) is 5.57. The summed E-state index contributed by atoms with van der Waals surface area (Å²) in [5.41, 5.74) is 8.30. The van der Waals surface area contributed by atoms with Crippen molar-refractivity contribution >= 4 is 17.3 Å². The first kappa shape index (κ1) is 17.5. The molecule has 0 spiro atoms. The van der Waals surface area contributed by atoms with Crippen LogP contribution in [0.1, 0.15) is 45.1 Å². The summed E-state index contributed by atoms with van der Waals surface area (Å²) in [6, 6.07) is 5.67. The molecule has 1 aromatic carbocycles. The average Bonchev–Trinajstić information content (AvgIpc) is 2.46. The maximum Gasteiger partial charge on any atom is 0.238 e. The summed E-state index contributed by atoms with van der Waals surface area (Å²) >= 11 is 0. The van der Waals surface area contributed by atoms with Crippen molar-refractivity contribution in [3.8, 4) is 0 Å². The number of para-hydroxylation sites is 1. The number of carbonyl (C=O) groups is 1. The van der Waals surface area contributed by atoms with Gasteiger partial charge in [0, 0.05) is 0 Å². The number of amides is 1. The van der Waals surface area contributed by atoms with Crippen molar-refractivity contribution in [1.82, 2.24) is 4.90 Å². The highest BCUT2D eigenvalue weighted by atomic mass is 16.2. The van der Waals surface area contributed by atoms with E-state index >= 15 is 0 Å². The van der Waals surface area contributed by atoms with Gasteiger partial charge in [0.2, 0.25) is 5.91 Å². The number of nitrogens with two attached hydrogens (primary N) is 1. The van der Waals surface area contributed by atoms with Crippen LogP contribution in [-0.2, 0) is 4.79 Å². The number of carbonyl (C=O) groups excluding carboxylic acids is 1. The van der Waals surface area contributed by atoms with Crippen LogP contribution in [-0.4, -0.2) is 30.4 Å². The van der Waals surface area contributed by atoms with Crippen molar-refractivity contribution in [2.75, 3.05) is 30.7 Å². The van der Waals surface area contributed by atoms with E-state index in [4.69, 9.17) is 5.73 Å². The third-order valence-electron chi connectivity index (χ3n) is 3.59. The number of nitrogen functional groups attached to an aromatic ring is 1. The van der Waals surface area contributed by atoms with E-state index in [9.17, 15) is 4.79 Å². The second-order valence-corrected chi connectivity index (χ2v) is 5.57. The third kappa shape index (κ3) is 6.17. The van der Waals surface area contributed by atoms with Crippen molar-refractivity contribution in [2.45, 2.75) is 46.5 Å². The Bertz CT molecular complexity index is 417. The molecule has 118 valence electrons. The topological polar surface area (TPSA) is 58.4 Å². The highest BCUT2D eigenvalue weighted by Crippen LogP contribution is 2.22. The van der Waals surface area contributed by atoms with E-state index in [-0.39, 0.29) is 5.91 Å². The molecule has 0 saturated carbocycles. The highest BCUT2D eigenvalue weighted by Gasteiger charge is 2.12. The van der Waals surface area contributed by atoms with Crippen molar-refractivity contribution in [3.63, 3.8) is 0 Å². The fourth-order valence-electron chi connectivity index (χ4n) is 2.28. The Morgan fingerprint density at radius 3 is 2.33 bits per heavy atom. The minimum absolute atomic E-state index is 0.0169. The first-order valence-electron chi connectivity index (χ1n) is 7.95. The zero-order valence-electron chi connectivity index (χ0n) is 13.6. The van der Waals surface area contributed by atoms with E-state index in [1.54, 1.807) is 0 Å². The summed E-state index contributed by atoms with van der Waals surface area (Å²) in [4.78, 5) is 14.5. The molecule has 0 unspecified atom stereocenters. The van der Waals surface area contributed by atoms with Gasteiger partial charge >= 0.3 is 0 Å². The minimum Gasteiger partial charge on any atom is -0.397 e. The van der Waals surface area contributed by atoms with Crippen molar-refractivity contribution in [1.29, 1.82) is 0 Å². The molecule has 0 radical (unpaired) electrons. The molecular formula is C17H29N3O. The molecule has 1 amide bonds. The first-order valence-corrected chi connectivity index (χ1v) is 7.95. The van der Waals surface area contributed by atoms with Gasteiger partial charge in [0.1, 0.15) is 0 Å². The lowest BCUT2D eigenvalue weighted by Crippen LogP contribution is -2.35. The number of aryl methyl sites for hydroxylation is 1. The number of rotatable bonds is 9. The molecule has 21 heavy (non-hydrogen) atoms. The predicted octanol–water partition coefficient (Wildman–Crippen LogP) is 3.42. The summed E-state index contributed by atoms with van der Waals surface area (Å²) in [5.74, 6) is 0.0169. The monoisotopic (exact) mass is 291 g/mol. The lowest BCUT2D eigenvalue weighted by Gasteiger charge is -2.22. The molecule has 0 fully saturated rings. The van der Waals surface area contributed by atoms with Crippen LogP contribution < -0.4 is 11.1 Å². The van der Waals surface area contributed by atoms with E-state index in [0.717, 1.165) is 50.0 Å². The fourth-order valence-corrected chi connectivity index (χ4v) is 2.28. The second kappa shape index (κ2) is 9.40. The predicted molar refractivity (Wildman–Crippen MR) is 90.5 cm³/mol. The third-order valence-corrected chi connectivity index (χ3v) is 3.59. The normalized spacial score (nSPS) is 10.9. The highest BCUT2D eigenvalue weighted by molar-refractivity contribution is 5.96. The Morgan fingerprint density at radius 1 is 1.19 bits per heavy atom. The van der Waals surface area contributed by atoms with Crippen LogP contribution in [0.4, 0.5) is 11.4 Å².